The number of carbonyl (C=O) groups excluding carboxylic acids is 3. The summed E-state index contributed by atoms with van der Waals surface area (Å²) >= 11 is 0. The highest BCUT2D eigenvalue weighted by molar-refractivity contribution is 6.22. The monoisotopic (exact) mass is 430 g/mol. The Kier molecular flexibility index (Phi) is 5.64. The fourth-order valence-corrected chi connectivity index (χ4v) is 3.68. The normalized spacial score (nSPS) is 12.5. The average Bonchev–Trinajstić information content (AvgIpc) is 3.07. The second-order valence-corrected chi connectivity index (χ2v) is 7.37. The van der Waals surface area contributed by atoms with Gasteiger partial charge in [0, 0.05) is 5.56 Å². The Balaban J connectivity index is 1.77. The van der Waals surface area contributed by atoms with Crippen LogP contribution in [0.3, 0.4) is 0 Å². The average molecular weight is 430 g/mol. The Labute approximate surface area is 185 Å². The molecule has 3 amide bonds. The van der Waals surface area contributed by atoms with Gasteiger partial charge in [-0.2, -0.15) is 0 Å². The molecular formula is C25H22N2O5. The quantitative estimate of drug-likeness (QED) is 0.554. The number of ether oxygens (including phenoxy) is 2. The molecule has 0 atom stereocenters. The lowest BCUT2D eigenvalue weighted by Gasteiger charge is -2.28. The highest BCUT2D eigenvalue weighted by Crippen LogP contribution is 2.32. The Bertz CT molecular complexity index is 1190. The molecule has 1 heterocycles. The molecule has 1 aliphatic heterocycles. The van der Waals surface area contributed by atoms with Gasteiger partial charge < -0.3 is 9.47 Å². The summed E-state index contributed by atoms with van der Waals surface area (Å²) in [6.07, 6.45) is 0. The van der Waals surface area contributed by atoms with E-state index in [9.17, 15) is 14.4 Å². The Morgan fingerprint density at radius 3 is 2.19 bits per heavy atom. The fourth-order valence-electron chi connectivity index (χ4n) is 3.68. The van der Waals surface area contributed by atoms with Gasteiger partial charge in [-0.3, -0.25) is 24.2 Å². The van der Waals surface area contributed by atoms with Crippen LogP contribution in [0.15, 0.2) is 66.7 Å². The number of amides is 3. The van der Waals surface area contributed by atoms with Gasteiger partial charge in [-0.05, 0) is 55.0 Å². The van der Waals surface area contributed by atoms with Gasteiger partial charge in [0.25, 0.3) is 17.7 Å². The van der Waals surface area contributed by atoms with Crippen molar-refractivity contribution >= 4 is 23.4 Å². The highest BCUT2D eigenvalue weighted by Gasteiger charge is 2.37. The molecule has 162 valence electrons. The molecule has 32 heavy (non-hydrogen) atoms. The van der Waals surface area contributed by atoms with Crippen molar-refractivity contribution in [1.29, 1.82) is 0 Å². The van der Waals surface area contributed by atoms with Crippen LogP contribution in [0.4, 0.5) is 5.69 Å². The van der Waals surface area contributed by atoms with E-state index in [-0.39, 0.29) is 6.67 Å². The number of hydrogen-bond acceptors (Lipinski definition) is 5. The summed E-state index contributed by atoms with van der Waals surface area (Å²) in [6.45, 7) is 1.65. The van der Waals surface area contributed by atoms with Gasteiger partial charge in [0.1, 0.15) is 18.2 Å². The summed E-state index contributed by atoms with van der Waals surface area (Å²) < 4.78 is 10.8. The summed E-state index contributed by atoms with van der Waals surface area (Å²) in [5.74, 6) is -0.312. The summed E-state index contributed by atoms with van der Waals surface area (Å²) in [6, 6.07) is 18.7. The smallest absolute Gasteiger partial charge is 0.263 e. The molecule has 7 heteroatoms. The van der Waals surface area contributed by atoms with E-state index < -0.39 is 17.7 Å². The predicted octanol–water partition coefficient (Wildman–Crippen LogP) is 3.91. The number of methoxy groups -OCH3 is 2. The second-order valence-electron chi connectivity index (χ2n) is 7.37. The van der Waals surface area contributed by atoms with Gasteiger partial charge in [0.15, 0.2) is 0 Å². The molecule has 0 fully saturated rings. The maximum absolute atomic E-state index is 13.6. The van der Waals surface area contributed by atoms with E-state index in [1.54, 1.807) is 60.7 Å². The first-order valence-corrected chi connectivity index (χ1v) is 10.0. The van der Waals surface area contributed by atoms with Crippen LogP contribution >= 0.6 is 0 Å². The van der Waals surface area contributed by atoms with E-state index in [1.807, 2.05) is 13.0 Å². The minimum atomic E-state index is -0.444. The zero-order chi connectivity index (χ0) is 22.8. The van der Waals surface area contributed by atoms with E-state index in [2.05, 4.69) is 0 Å². The molecule has 0 aliphatic carbocycles. The number of imide groups is 1. The standard InChI is InChI=1S/C25H22N2O5/c1-16-11-12-21(22(13-16)32-3)26(23(28)17-7-6-8-18(14-17)31-2)15-27-24(29)19-9-4-5-10-20(19)25(27)30/h4-14H,15H2,1-3H3. The Morgan fingerprint density at radius 1 is 0.875 bits per heavy atom. The first-order valence-electron chi connectivity index (χ1n) is 10.0. The molecular weight excluding hydrogens is 408 g/mol. The maximum atomic E-state index is 13.6. The summed E-state index contributed by atoms with van der Waals surface area (Å²) in [5.41, 5.74) is 2.38. The van der Waals surface area contributed by atoms with Crippen molar-refractivity contribution in [3.05, 3.63) is 89.0 Å². The fraction of sp³-hybridized carbons (Fsp3) is 0.160. The zero-order valence-corrected chi connectivity index (χ0v) is 18.0. The molecule has 0 aromatic heterocycles. The van der Waals surface area contributed by atoms with Crippen molar-refractivity contribution < 1.29 is 23.9 Å². The number of nitrogens with zero attached hydrogens (tertiary/aromatic N) is 2. The van der Waals surface area contributed by atoms with Crippen molar-refractivity contribution in [3.8, 4) is 11.5 Å². The lowest BCUT2D eigenvalue weighted by atomic mass is 10.1. The molecule has 3 aromatic rings. The van der Waals surface area contributed by atoms with Gasteiger partial charge in [-0.25, -0.2) is 0 Å². The number of benzene rings is 3. The van der Waals surface area contributed by atoms with Gasteiger partial charge in [-0.1, -0.05) is 24.3 Å². The van der Waals surface area contributed by atoms with E-state index >= 15 is 0 Å². The largest absolute Gasteiger partial charge is 0.497 e. The summed E-state index contributed by atoms with van der Waals surface area (Å²) in [4.78, 5) is 42.0. The van der Waals surface area contributed by atoms with Crippen LogP contribution in [0.25, 0.3) is 0 Å². The molecule has 0 N–H and O–H groups in total. The van der Waals surface area contributed by atoms with Gasteiger partial charge in [0.05, 0.1) is 31.0 Å². The van der Waals surface area contributed by atoms with Gasteiger partial charge in [-0.15, -0.1) is 0 Å². The third kappa shape index (κ3) is 3.69. The molecule has 4 rings (SSSR count). The summed E-state index contributed by atoms with van der Waals surface area (Å²) in [5, 5.41) is 0. The number of rotatable bonds is 6. The molecule has 0 bridgehead atoms. The number of hydrogen-bond donors (Lipinski definition) is 0. The van der Waals surface area contributed by atoms with Crippen LogP contribution in [0, 0.1) is 6.92 Å². The molecule has 0 radical (unpaired) electrons. The van der Waals surface area contributed by atoms with Gasteiger partial charge in [0.2, 0.25) is 0 Å². The number of aryl methyl sites for hydroxylation is 1. The van der Waals surface area contributed by atoms with Crippen LogP contribution in [0.2, 0.25) is 0 Å². The minimum Gasteiger partial charge on any atom is -0.497 e. The topological polar surface area (TPSA) is 76.2 Å². The van der Waals surface area contributed by atoms with Crippen molar-refractivity contribution in [2.24, 2.45) is 0 Å². The van der Waals surface area contributed by atoms with E-state index in [0.717, 1.165) is 10.5 Å². The minimum absolute atomic E-state index is 0.262. The first kappa shape index (κ1) is 21.1. The van der Waals surface area contributed by atoms with Crippen molar-refractivity contribution in [3.63, 3.8) is 0 Å². The lowest BCUT2D eigenvalue weighted by Crippen LogP contribution is -2.44. The predicted molar refractivity (Wildman–Crippen MR) is 119 cm³/mol. The van der Waals surface area contributed by atoms with E-state index in [1.165, 1.54) is 19.1 Å². The number of anilines is 1. The van der Waals surface area contributed by atoms with Crippen molar-refractivity contribution in [2.75, 3.05) is 25.8 Å². The summed E-state index contributed by atoms with van der Waals surface area (Å²) in [7, 11) is 3.03. The molecule has 3 aromatic carbocycles. The maximum Gasteiger partial charge on any atom is 0.263 e. The van der Waals surface area contributed by atoms with E-state index in [0.29, 0.717) is 33.9 Å². The zero-order valence-electron chi connectivity index (χ0n) is 18.0. The van der Waals surface area contributed by atoms with Crippen LogP contribution in [-0.2, 0) is 0 Å². The molecule has 1 aliphatic rings. The molecule has 0 unspecified atom stereocenters. The van der Waals surface area contributed by atoms with Gasteiger partial charge >= 0.3 is 0 Å². The van der Waals surface area contributed by atoms with Crippen LogP contribution < -0.4 is 14.4 Å². The first-order chi connectivity index (χ1) is 15.4. The highest BCUT2D eigenvalue weighted by atomic mass is 16.5. The molecule has 0 saturated heterocycles. The Hall–Kier alpha value is -4.13. The van der Waals surface area contributed by atoms with Crippen LogP contribution in [0.5, 0.6) is 11.5 Å². The third-order valence-electron chi connectivity index (χ3n) is 5.35. The van der Waals surface area contributed by atoms with E-state index in [4.69, 9.17) is 9.47 Å². The molecule has 0 spiro atoms. The molecule has 0 saturated carbocycles. The third-order valence-corrected chi connectivity index (χ3v) is 5.35. The Morgan fingerprint density at radius 2 is 1.56 bits per heavy atom. The van der Waals surface area contributed by atoms with Crippen molar-refractivity contribution in [2.45, 2.75) is 6.92 Å². The second kappa shape index (κ2) is 8.55. The number of fused-ring (bicyclic) bond motifs is 1. The number of carbonyl (C=O) groups is 3. The molecule has 7 nitrogen and oxygen atoms in total. The lowest BCUT2D eigenvalue weighted by molar-refractivity contribution is 0.0650. The van der Waals surface area contributed by atoms with Crippen LogP contribution in [-0.4, -0.2) is 43.5 Å². The van der Waals surface area contributed by atoms with Crippen LogP contribution in [0.1, 0.15) is 36.6 Å². The van der Waals surface area contributed by atoms with Crippen molar-refractivity contribution in [1.82, 2.24) is 4.90 Å². The SMILES string of the molecule is COc1cccc(C(=O)N(CN2C(=O)c3ccccc3C2=O)c2ccc(C)cc2OC)c1.